The number of rotatable bonds is 4. The van der Waals surface area contributed by atoms with Crippen LogP contribution in [0.25, 0.3) is 0 Å². The van der Waals surface area contributed by atoms with Gasteiger partial charge in [-0.25, -0.2) is 0 Å². The minimum absolute atomic E-state index is 0.0630. The van der Waals surface area contributed by atoms with Gasteiger partial charge in [-0.1, -0.05) is 23.2 Å². The number of carbonyl (C=O) groups excluding carboxylic acids is 1. The number of carboxylic acids is 1. The van der Waals surface area contributed by atoms with Gasteiger partial charge in [-0.15, -0.1) is 0 Å². The summed E-state index contributed by atoms with van der Waals surface area (Å²) in [5.74, 6) is -0.375. The van der Waals surface area contributed by atoms with Crippen LogP contribution in [0.4, 0.5) is 0 Å². The molecule has 24 heavy (non-hydrogen) atoms. The van der Waals surface area contributed by atoms with Gasteiger partial charge in [0.15, 0.2) is 0 Å². The van der Waals surface area contributed by atoms with E-state index in [0.717, 1.165) is 24.8 Å². The van der Waals surface area contributed by atoms with Crippen LogP contribution in [0.15, 0.2) is 18.2 Å². The van der Waals surface area contributed by atoms with E-state index < -0.39 is 11.9 Å². The van der Waals surface area contributed by atoms with E-state index >= 15 is 0 Å². The lowest BCUT2D eigenvalue weighted by molar-refractivity contribution is -0.142. The molecule has 1 aromatic rings. The van der Waals surface area contributed by atoms with Crippen LogP contribution < -0.4 is 0 Å². The molecule has 1 heterocycles. The van der Waals surface area contributed by atoms with Crippen LogP contribution in [-0.2, 0) is 9.59 Å². The van der Waals surface area contributed by atoms with Crippen LogP contribution in [0.3, 0.4) is 0 Å². The summed E-state index contributed by atoms with van der Waals surface area (Å²) in [6.45, 7) is 0.953. The Morgan fingerprint density at radius 2 is 1.71 bits per heavy atom. The second-order valence-electron chi connectivity index (χ2n) is 7.34. The first-order valence-corrected chi connectivity index (χ1v) is 9.17. The van der Waals surface area contributed by atoms with E-state index in [1.165, 1.54) is 0 Å². The summed E-state index contributed by atoms with van der Waals surface area (Å²) in [7, 11) is 0. The van der Waals surface area contributed by atoms with Crippen molar-refractivity contribution in [2.24, 2.45) is 23.7 Å². The molecule has 1 aliphatic heterocycles. The minimum atomic E-state index is -0.767. The monoisotopic (exact) mass is 367 g/mol. The van der Waals surface area contributed by atoms with Gasteiger partial charge in [0.1, 0.15) is 0 Å². The predicted molar refractivity (Wildman–Crippen MR) is 91.2 cm³/mol. The number of likely N-dealkylation sites (tertiary alicyclic amines) is 1. The molecule has 6 heteroatoms. The number of hydrogen-bond donors (Lipinski definition) is 1. The van der Waals surface area contributed by atoms with Crippen molar-refractivity contribution in [1.29, 1.82) is 0 Å². The Hall–Kier alpha value is -1.26. The molecule has 4 rings (SSSR count). The number of amides is 1. The highest BCUT2D eigenvalue weighted by atomic mass is 35.5. The highest BCUT2D eigenvalue weighted by molar-refractivity contribution is 6.34. The molecule has 0 spiro atoms. The summed E-state index contributed by atoms with van der Waals surface area (Å²) in [6.07, 6.45) is 2.99. The summed E-state index contributed by atoms with van der Waals surface area (Å²) >= 11 is 12.1. The van der Waals surface area contributed by atoms with Crippen LogP contribution in [0.2, 0.25) is 10.0 Å². The van der Waals surface area contributed by atoms with Crippen molar-refractivity contribution in [2.75, 3.05) is 13.1 Å². The SMILES string of the molecule is O=C(O)[C@H]1CN(C(=O)C2CC2c2cc(Cl)cc(Cl)c2)C[C@@H]1C1CC1. The lowest BCUT2D eigenvalue weighted by atomic mass is 9.92. The van der Waals surface area contributed by atoms with E-state index in [9.17, 15) is 14.7 Å². The maximum Gasteiger partial charge on any atom is 0.308 e. The maximum absolute atomic E-state index is 12.8. The van der Waals surface area contributed by atoms with Crippen LogP contribution >= 0.6 is 23.2 Å². The summed E-state index contributed by atoms with van der Waals surface area (Å²) in [6, 6.07) is 5.41. The third kappa shape index (κ3) is 3.02. The zero-order valence-electron chi connectivity index (χ0n) is 13.1. The molecule has 2 aliphatic carbocycles. The molecule has 0 radical (unpaired) electrons. The van der Waals surface area contributed by atoms with Crippen molar-refractivity contribution in [2.45, 2.75) is 25.2 Å². The molecule has 3 aliphatic rings. The quantitative estimate of drug-likeness (QED) is 0.882. The predicted octanol–water partition coefficient (Wildman–Crippen LogP) is 3.67. The molecular weight excluding hydrogens is 349 g/mol. The Bertz CT molecular complexity index is 683. The normalized spacial score (nSPS) is 32.0. The number of benzene rings is 1. The van der Waals surface area contributed by atoms with Crippen molar-refractivity contribution < 1.29 is 14.7 Å². The number of aliphatic carboxylic acids is 1. The first-order chi connectivity index (χ1) is 11.4. The molecule has 1 amide bonds. The van der Waals surface area contributed by atoms with Crippen molar-refractivity contribution in [3.63, 3.8) is 0 Å². The zero-order chi connectivity index (χ0) is 17.0. The lowest BCUT2D eigenvalue weighted by Crippen LogP contribution is -2.31. The molecule has 128 valence electrons. The fourth-order valence-corrected chi connectivity index (χ4v) is 4.68. The Kier molecular flexibility index (Phi) is 4.00. The molecular formula is C18H19Cl2NO3. The number of nitrogens with zero attached hydrogens (tertiary/aromatic N) is 1. The Morgan fingerprint density at radius 1 is 1.04 bits per heavy atom. The van der Waals surface area contributed by atoms with Crippen molar-refractivity contribution in [3.8, 4) is 0 Å². The zero-order valence-corrected chi connectivity index (χ0v) is 14.6. The highest BCUT2D eigenvalue weighted by Gasteiger charge is 2.51. The van der Waals surface area contributed by atoms with Crippen LogP contribution in [0.1, 0.15) is 30.7 Å². The molecule has 0 bridgehead atoms. The van der Waals surface area contributed by atoms with Gasteiger partial charge in [-0.2, -0.15) is 0 Å². The first kappa shape index (κ1) is 16.2. The van der Waals surface area contributed by atoms with E-state index in [4.69, 9.17) is 23.2 Å². The smallest absolute Gasteiger partial charge is 0.308 e. The van der Waals surface area contributed by atoms with Crippen molar-refractivity contribution in [3.05, 3.63) is 33.8 Å². The lowest BCUT2D eigenvalue weighted by Gasteiger charge is -2.16. The van der Waals surface area contributed by atoms with Crippen molar-refractivity contribution >= 4 is 35.1 Å². The van der Waals surface area contributed by atoms with Gasteiger partial charge in [0.2, 0.25) is 5.91 Å². The fraction of sp³-hybridized carbons (Fsp3) is 0.556. The summed E-state index contributed by atoms with van der Waals surface area (Å²) in [4.78, 5) is 26.1. The second-order valence-corrected chi connectivity index (χ2v) is 8.21. The molecule has 2 saturated carbocycles. The van der Waals surface area contributed by atoms with E-state index in [1.807, 2.05) is 12.1 Å². The van der Waals surface area contributed by atoms with Gasteiger partial charge >= 0.3 is 5.97 Å². The van der Waals surface area contributed by atoms with E-state index in [0.29, 0.717) is 29.1 Å². The number of carbonyl (C=O) groups is 2. The molecule has 4 atom stereocenters. The van der Waals surface area contributed by atoms with Gasteiger partial charge in [-0.05, 0) is 60.8 Å². The fourth-order valence-electron chi connectivity index (χ4n) is 4.13. The van der Waals surface area contributed by atoms with E-state index in [1.54, 1.807) is 11.0 Å². The number of hydrogen-bond acceptors (Lipinski definition) is 2. The molecule has 1 saturated heterocycles. The molecule has 1 N–H and O–H groups in total. The van der Waals surface area contributed by atoms with Gasteiger partial charge in [0.05, 0.1) is 5.92 Å². The third-order valence-corrected chi connectivity index (χ3v) is 6.08. The highest BCUT2D eigenvalue weighted by Crippen LogP contribution is 2.51. The minimum Gasteiger partial charge on any atom is -0.481 e. The van der Waals surface area contributed by atoms with Gasteiger partial charge in [-0.3, -0.25) is 9.59 Å². The van der Waals surface area contributed by atoms with E-state index in [2.05, 4.69) is 0 Å². The van der Waals surface area contributed by atoms with E-state index in [-0.39, 0.29) is 23.7 Å². The number of halogens is 2. The standard InChI is InChI=1S/C18H19Cl2NO3/c19-11-3-10(4-12(20)5-11)13-6-14(13)17(22)21-7-15(9-1-2-9)16(8-21)18(23)24/h3-5,9,13-16H,1-2,6-8H2,(H,23,24)/t13?,14?,15-,16+/m1/s1. The van der Waals surface area contributed by atoms with Crippen LogP contribution in [0, 0.1) is 23.7 Å². The van der Waals surface area contributed by atoms with Crippen LogP contribution in [0.5, 0.6) is 0 Å². The number of carboxylic acid groups (broad SMARTS) is 1. The summed E-state index contributed by atoms with van der Waals surface area (Å²) in [5.41, 5.74) is 0.999. The molecule has 3 fully saturated rings. The second kappa shape index (κ2) is 5.92. The van der Waals surface area contributed by atoms with Gasteiger partial charge < -0.3 is 10.0 Å². The largest absolute Gasteiger partial charge is 0.481 e. The summed E-state index contributed by atoms with van der Waals surface area (Å²) < 4.78 is 0. The van der Waals surface area contributed by atoms with Crippen LogP contribution in [-0.4, -0.2) is 35.0 Å². The first-order valence-electron chi connectivity index (χ1n) is 8.41. The Labute approximate surface area is 150 Å². The molecule has 1 aromatic carbocycles. The average Bonchev–Trinajstić information content (AvgIpc) is 3.42. The molecule has 0 aromatic heterocycles. The Balaban J connectivity index is 1.44. The molecule has 4 nitrogen and oxygen atoms in total. The molecule has 2 unspecified atom stereocenters. The van der Waals surface area contributed by atoms with Crippen molar-refractivity contribution in [1.82, 2.24) is 4.90 Å². The average molecular weight is 368 g/mol. The Morgan fingerprint density at radius 3 is 2.29 bits per heavy atom. The maximum atomic E-state index is 12.8. The third-order valence-electron chi connectivity index (χ3n) is 5.64. The van der Waals surface area contributed by atoms with Gasteiger partial charge in [0.25, 0.3) is 0 Å². The van der Waals surface area contributed by atoms with Gasteiger partial charge in [0, 0.05) is 29.1 Å². The topological polar surface area (TPSA) is 57.6 Å². The summed E-state index contributed by atoms with van der Waals surface area (Å²) in [5, 5.41) is 10.6.